The summed E-state index contributed by atoms with van der Waals surface area (Å²) in [6.45, 7) is 6.91. The van der Waals surface area contributed by atoms with E-state index in [1.165, 1.54) is 6.42 Å². The van der Waals surface area contributed by atoms with Crippen molar-refractivity contribution >= 4 is 0 Å². The Morgan fingerprint density at radius 1 is 1.22 bits per heavy atom. The molecule has 2 unspecified atom stereocenters. The Kier molecular flexibility index (Phi) is 4.58. The van der Waals surface area contributed by atoms with E-state index in [2.05, 4.69) is 27.2 Å². The summed E-state index contributed by atoms with van der Waals surface area (Å²) in [5.41, 5.74) is 0. The quantitative estimate of drug-likeness (QED) is 0.570. The minimum atomic E-state index is 0. The zero-order chi connectivity index (χ0) is 6.15. The van der Waals surface area contributed by atoms with E-state index in [4.69, 9.17) is 0 Å². The van der Waals surface area contributed by atoms with Crippen molar-refractivity contribution < 1.29 is 32.7 Å². The minimum absolute atomic E-state index is 0. The molecule has 0 aromatic rings. The zero-order valence-electron chi connectivity index (χ0n) is 6.59. The first kappa shape index (κ1) is 10.1. The van der Waals surface area contributed by atoms with E-state index in [-0.39, 0.29) is 32.7 Å². The van der Waals surface area contributed by atoms with Gasteiger partial charge in [0, 0.05) is 32.7 Å². The second-order valence-corrected chi connectivity index (χ2v) is 2.98. The third kappa shape index (κ3) is 2.01. The fourth-order valence-electron chi connectivity index (χ4n) is 1.84. The van der Waals surface area contributed by atoms with Gasteiger partial charge in [-0.2, -0.15) is 11.8 Å². The van der Waals surface area contributed by atoms with Gasteiger partial charge in [-0.05, 0) is 0 Å². The molecule has 0 N–H and O–H groups in total. The van der Waals surface area contributed by atoms with E-state index in [1.54, 1.807) is 0 Å². The smallest absolute Gasteiger partial charge is 0 e. The van der Waals surface area contributed by atoms with Crippen molar-refractivity contribution in [3.8, 4) is 0 Å². The Balaban J connectivity index is 0.000000640. The molecule has 51 valence electrons. The van der Waals surface area contributed by atoms with Crippen molar-refractivity contribution in [3.05, 3.63) is 6.42 Å². The summed E-state index contributed by atoms with van der Waals surface area (Å²) in [7, 11) is 0. The molecule has 0 aromatic carbocycles. The third-order valence-corrected chi connectivity index (χ3v) is 2.43. The maximum atomic E-state index is 2.44. The summed E-state index contributed by atoms with van der Waals surface area (Å²) >= 11 is 0. The standard InChI is InChI=1S/C8H15.Y/c1-4-8-6(2)5-7(8)3;/h5-8H,4H2,1-3H3;/q-1;. The maximum Gasteiger partial charge on any atom is 0 e. The largest absolute Gasteiger partial charge is 0.323 e. The van der Waals surface area contributed by atoms with Gasteiger partial charge in [0.15, 0.2) is 0 Å². The van der Waals surface area contributed by atoms with E-state index in [9.17, 15) is 0 Å². The fourth-order valence-corrected chi connectivity index (χ4v) is 1.84. The van der Waals surface area contributed by atoms with Gasteiger partial charge >= 0.3 is 0 Å². The van der Waals surface area contributed by atoms with Crippen LogP contribution in [0.5, 0.6) is 0 Å². The molecule has 0 spiro atoms. The summed E-state index contributed by atoms with van der Waals surface area (Å²) in [5.74, 6) is 2.79. The van der Waals surface area contributed by atoms with Crippen LogP contribution in [-0.4, -0.2) is 0 Å². The van der Waals surface area contributed by atoms with E-state index in [0.717, 1.165) is 17.8 Å². The van der Waals surface area contributed by atoms with Crippen LogP contribution < -0.4 is 0 Å². The summed E-state index contributed by atoms with van der Waals surface area (Å²) in [4.78, 5) is 0. The van der Waals surface area contributed by atoms with Gasteiger partial charge < -0.3 is 6.42 Å². The number of hydrogen-bond acceptors (Lipinski definition) is 0. The Morgan fingerprint density at radius 3 is 1.78 bits per heavy atom. The third-order valence-electron chi connectivity index (χ3n) is 2.43. The number of hydrogen-bond donors (Lipinski definition) is 0. The molecule has 0 nitrogen and oxygen atoms in total. The van der Waals surface area contributed by atoms with E-state index >= 15 is 0 Å². The van der Waals surface area contributed by atoms with Crippen molar-refractivity contribution in [2.75, 3.05) is 0 Å². The van der Waals surface area contributed by atoms with Gasteiger partial charge in [0.2, 0.25) is 0 Å². The van der Waals surface area contributed by atoms with Gasteiger partial charge in [-0.25, -0.2) is 0 Å². The van der Waals surface area contributed by atoms with Crippen LogP contribution in [0, 0.1) is 24.2 Å². The number of rotatable bonds is 1. The molecular formula is C8H15Y-. The van der Waals surface area contributed by atoms with Crippen LogP contribution in [0.15, 0.2) is 0 Å². The molecule has 0 aliphatic heterocycles. The SMILES string of the molecule is CCC1C(C)[CH-]C1C.[Y]. The van der Waals surface area contributed by atoms with Crippen LogP contribution in [0.1, 0.15) is 27.2 Å². The predicted molar refractivity (Wildman–Crippen MR) is 36.4 cm³/mol. The molecule has 0 saturated heterocycles. The van der Waals surface area contributed by atoms with Crippen molar-refractivity contribution in [1.29, 1.82) is 0 Å². The van der Waals surface area contributed by atoms with Crippen molar-refractivity contribution in [2.45, 2.75) is 27.2 Å². The Morgan fingerprint density at radius 2 is 1.67 bits per heavy atom. The van der Waals surface area contributed by atoms with Gasteiger partial charge in [0.25, 0.3) is 0 Å². The average Bonchev–Trinajstić information content (AvgIpc) is 1.67. The van der Waals surface area contributed by atoms with Gasteiger partial charge in [-0.3, -0.25) is 0 Å². The summed E-state index contributed by atoms with van der Waals surface area (Å²) in [6, 6.07) is 0. The van der Waals surface area contributed by atoms with E-state index < -0.39 is 0 Å². The summed E-state index contributed by atoms with van der Waals surface area (Å²) in [6.07, 6.45) is 3.80. The zero-order valence-corrected chi connectivity index (χ0v) is 9.43. The first-order valence-corrected chi connectivity index (χ1v) is 3.60. The predicted octanol–water partition coefficient (Wildman–Crippen LogP) is 2.50. The van der Waals surface area contributed by atoms with Crippen LogP contribution in [0.25, 0.3) is 0 Å². The van der Waals surface area contributed by atoms with Crippen LogP contribution in [0.4, 0.5) is 0 Å². The topological polar surface area (TPSA) is 0 Å². The van der Waals surface area contributed by atoms with E-state index in [0.29, 0.717) is 0 Å². The molecule has 1 rings (SSSR count). The van der Waals surface area contributed by atoms with Crippen molar-refractivity contribution in [3.63, 3.8) is 0 Å². The summed E-state index contributed by atoms with van der Waals surface area (Å²) < 4.78 is 0. The Labute approximate surface area is 83.7 Å². The molecule has 0 amide bonds. The first-order chi connectivity index (χ1) is 3.75. The molecule has 1 radical (unpaired) electrons. The monoisotopic (exact) mass is 200 g/mol. The normalized spacial score (nSPS) is 41.0. The molecular weight excluding hydrogens is 185 g/mol. The van der Waals surface area contributed by atoms with Crippen LogP contribution >= 0.6 is 0 Å². The first-order valence-electron chi connectivity index (χ1n) is 3.60. The van der Waals surface area contributed by atoms with Crippen LogP contribution in [0.2, 0.25) is 0 Å². The minimum Gasteiger partial charge on any atom is -0.323 e. The molecule has 1 aliphatic carbocycles. The van der Waals surface area contributed by atoms with E-state index in [1.807, 2.05) is 0 Å². The Hall–Kier alpha value is 1.10. The van der Waals surface area contributed by atoms with Gasteiger partial charge in [0.05, 0.1) is 0 Å². The van der Waals surface area contributed by atoms with Crippen molar-refractivity contribution in [1.82, 2.24) is 0 Å². The second kappa shape index (κ2) is 4.08. The maximum absolute atomic E-state index is 2.44. The van der Waals surface area contributed by atoms with Crippen LogP contribution in [-0.2, 0) is 32.7 Å². The second-order valence-electron chi connectivity index (χ2n) is 2.98. The van der Waals surface area contributed by atoms with Crippen molar-refractivity contribution in [2.24, 2.45) is 17.8 Å². The summed E-state index contributed by atoms with van der Waals surface area (Å²) in [5, 5.41) is 0. The molecule has 1 fully saturated rings. The average molecular weight is 200 g/mol. The fraction of sp³-hybridized carbons (Fsp3) is 0.875. The molecule has 0 aromatic heterocycles. The molecule has 9 heavy (non-hydrogen) atoms. The van der Waals surface area contributed by atoms with Gasteiger partial charge in [-0.1, -0.05) is 33.1 Å². The van der Waals surface area contributed by atoms with Crippen LogP contribution in [0.3, 0.4) is 0 Å². The van der Waals surface area contributed by atoms with Gasteiger partial charge in [0.1, 0.15) is 0 Å². The molecule has 2 atom stereocenters. The van der Waals surface area contributed by atoms with Gasteiger partial charge in [-0.15, -0.1) is 0 Å². The molecule has 1 heteroatoms. The molecule has 1 aliphatic rings. The molecule has 0 bridgehead atoms. The molecule has 0 heterocycles. The Bertz CT molecular complexity index is 72.6. The molecule has 1 saturated carbocycles.